The van der Waals surface area contributed by atoms with E-state index in [4.69, 9.17) is 5.73 Å². The highest BCUT2D eigenvalue weighted by atomic mass is 19.1. The lowest BCUT2D eigenvalue weighted by molar-refractivity contribution is -0.139. The Morgan fingerprint density at radius 2 is 1.85 bits per heavy atom. The van der Waals surface area contributed by atoms with Crippen LogP contribution >= 0.6 is 0 Å². The minimum absolute atomic E-state index is 0.208. The molecular weight excluding hydrogens is 257 g/mol. The summed E-state index contributed by atoms with van der Waals surface area (Å²) in [5.74, 6) is -0.613. The molecule has 0 aromatic heterocycles. The zero-order valence-electron chi connectivity index (χ0n) is 11.4. The van der Waals surface area contributed by atoms with Crippen molar-refractivity contribution in [1.82, 2.24) is 0 Å². The van der Waals surface area contributed by atoms with Gasteiger partial charge in [-0.1, -0.05) is 24.3 Å². The molecule has 0 unspecified atom stereocenters. The van der Waals surface area contributed by atoms with Crippen molar-refractivity contribution in [3.8, 4) is 11.1 Å². The summed E-state index contributed by atoms with van der Waals surface area (Å²) < 4.78 is 18.8. The van der Waals surface area contributed by atoms with Gasteiger partial charge in [0.1, 0.15) is 5.82 Å². The molecule has 0 aliphatic heterocycles. The van der Waals surface area contributed by atoms with Crippen LogP contribution in [0.4, 0.5) is 10.1 Å². The fraction of sp³-hybridized carbons (Fsp3) is 0.188. The van der Waals surface area contributed by atoms with Crippen molar-refractivity contribution in [2.24, 2.45) is 0 Å². The summed E-state index contributed by atoms with van der Waals surface area (Å²) in [4.78, 5) is 11.2. The van der Waals surface area contributed by atoms with Crippen LogP contribution in [-0.4, -0.2) is 13.1 Å². The van der Waals surface area contributed by atoms with Crippen LogP contribution in [0.25, 0.3) is 11.1 Å². The van der Waals surface area contributed by atoms with Gasteiger partial charge in [-0.25, -0.2) is 4.39 Å². The lowest BCUT2D eigenvalue weighted by Gasteiger charge is -2.09. The molecule has 4 heteroatoms. The number of hydrogen-bond acceptors (Lipinski definition) is 3. The first-order valence-corrected chi connectivity index (χ1v) is 6.23. The largest absolute Gasteiger partial charge is 0.469 e. The van der Waals surface area contributed by atoms with Gasteiger partial charge in [0.15, 0.2) is 0 Å². The zero-order valence-corrected chi connectivity index (χ0v) is 11.4. The molecule has 0 spiro atoms. The van der Waals surface area contributed by atoms with E-state index in [0.29, 0.717) is 16.8 Å². The average Bonchev–Trinajstić information content (AvgIpc) is 2.46. The van der Waals surface area contributed by atoms with E-state index in [2.05, 4.69) is 4.74 Å². The monoisotopic (exact) mass is 273 g/mol. The summed E-state index contributed by atoms with van der Waals surface area (Å²) in [6.45, 7) is 1.65. The van der Waals surface area contributed by atoms with Gasteiger partial charge >= 0.3 is 5.97 Å². The van der Waals surface area contributed by atoms with Crippen LogP contribution in [0.2, 0.25) is 0 Å². The van der Waals surface area contributed by atoms with Crippen molar-refractivity contribution in [2.45, 2.75) is 13.3 Å². The zero-order chi connectivity index (χ0) is 14.7. The van der Waals surface area contributed by atoms with Crippen LogP contribution in [0, 0.1) is 12.7 Å². The highest BCUT2D eigenvalue weighted by Crippen LogP contribution is 2.28. The Bertz CT molecular complexity index is 636. The van der Waals surface area contributed by atoms with E-state index in [1.54, 1.807) is 43.3 Å². The topological polar surface area (TPSA) is 52.3 Å². The van der Waals surface area contributed by atoms with E-state index in [-0.39, 0.29) is 18.2 Å². The summed E-state index contributed by atoms with van der Waals surface area (Å²) in [5.41, 5.74) is 8.63. The molecule has 0 aliphatic carbocycles. The van der Waals surface area contributed by atoms with Crippen LogP contribution in [0.3, 0.4) is 0 Å². The molecule has 0 heterocycles. The number of anilines is 1. The third kappa shape index (κ3) is 2.79. The Balaban J connectivity index is 2.31. The lowest BCUT2D eigenvalue weighted by Crippen LogP contribution is -2.04. The first-order valence-electron chi connectivity index (χ1n) is 6.23. The standard InChI is InChI=1S/C16H16FNO2/c1-10-14(18)8-7-13(16(10)17)12-5-3-11(4-6-12)9-15(19)20-2/h3-8H,9,18H2,1-2H3. The second-order valence-corrected chi connectivity index (χ2v) is 4.59. The highest BCUT2D eigenvalue weighted by molar-refractivity contribution is 5.73. The number of nitrogen functional groups attached to an aromatic ring is 1. The third-order valence-corrected chi connectivity index (χ3v) is 3.27. The molecular formula is C16H16FNO2. The van der Waals surface area contributed by atoms with Gasteiger partial charge in [-0.05, 0) is 30.2 Å². The maximum Gasteiger partial charge on any atom is 0.309 e. The van der Waals surface area contributed by atoms with Gasteiger partial charge in [-0.15, -0.1) is 0 Å². The number of methoxy groups -OCH3 is 1. The molecule has 0 saturated carbocycles. The van der Waals surface area contributed by atoms with Crippen LogP contribution in [0.5, 0.6) is 0 Å². The minimum atomic E-state index is -0.314. The quantitative estimate of drug-likeness (QED) is 0.690. The molecule has 2 aromatic rings. The molecule has 2 rings (SSSR count). The SMILES string of the molecule is COC(=O)Cc1ccc(-c2ccc(N)c(C)c2F)cc1. The molecule has 0 amide bonds. The molecule has 0 radical (unpaired) electrons. The van der Waals surface area contributed by atoms with Crippen molar-refractivity contribution in [2.75, 3.05) is 12.8 Å². The molecule has 0 fully saturated rings. The number of rotatable bonds is 3. The van der Waals surface area contributed by atoms with Gasteiger partial charge in [-0.2, -0.15) is 0 Å². The molecule has 0 aliphatic rings. The number of esters is 1. The summed E-state index contributed by atoms with van der Waals surface area (Å²) in [5, 5.41) is 0. The number of nitrogens with two attached hydrogens (primary N) is 1. The van der Waals surface area contributed by atoms with Crippen LogP contribution in [-0.2, 0) is 16.0 Å². The first-order chi connectivity index (χ1) is 9.52. The Labute approximate surface area is 117 Å². The van der Waals surface area contributed by atoms with E-state index in [0.717, 1.165) is 11.1 Å². The Kier molecular flexibility index (Phi) is 4.03. The second kappa shape index (κ2) is 5.74. The number of hydrogen-bond donors (Lipinski definition) is 1. The molecule has 3 nitrogen and oxygen atoms in total. The number of carbonyl (C=O) groups is 1. The predicted molar refractivity (Wildman–Crippen MR) is 76.7 cm³/mol. The third-order valence-electron chi connectivity index (χ3n) is 3.27. The molecule has 0 bridgehead atoms. The van der Waals surface area contributed by atoms with Gasteiger partial charge in [0.2, 0.25) is 0 Å². The maximum atomic E-state index is 14.2. The summed E-state index contributed by atoms with van der Waals surface area (Å²) >= 11 is 0. The molecule has 2 aromatic carbocycles. The number of carbonyl (C=O) groups excluding carboxylic acids is 1. The smallest absolute Gasteiger partial charge is 0.309 e. The van der Waals surface area contributed by atoms with Crippen LogP contribution < -0.4 is 5.73 Å². The van der Waals surface area contributed by atoms with Gasteiger partial charge < -0.3 is 10.5 Å². The second-order valence-electron chi connectivity index (χ2n) is 4.59. The molecule has 2 N–H and O–H groups in total. The maximum absolute atomic E-state index is 14.2. The molecule has 104 valence electrons. The molecule has 20 heavy (non-hydrogen) atoms. The van der Waals surface area contributed by atoms with Crippen LogP contribution in [0.15, 0.2) is 36.4 Å². The van der Waals surface area contributed by atoms with E-state index in [1.807, 2.05) is 0 Å². The van der Waals surface area contributed by atoms with Gasteiger partial charge in [-0.3, -0.25) is 4.79 Å². The van der Waals surface area contributed by atoms with Crippen LogP contribution in [0.1, 0.15) is 11.1 Å². The predicted octanol–water partition coefficient (Wildman–Crippen LogP) is 3.10. The molecule has 0 atom stereocenters. The van der Waals surface area contributed by atoms with Crippen molar-refractivity contribution in [1.29, 1.82) is 0 Å². The van der Waals surface area contributed by atoms with Gasteiger partial charge in [0.25, 0.3) is 0 Å². The van der Waals surface area contributed by atoms with E-state index >= 15 is 0 Å². The summed E-state index contributed by atoms with van der Waals surface area (Å²) in [7, 11) is 1.35. The van der Waals surface area contributed by atoms with E-state index < -0.39 is 0 Å². The number of benzene rings is 2. The summed E-state index contributed by atoms with van der Waals surface area (Å²) in [6, 6.07) is 10.5. The Morgan fingerprint density at radius 3 is 2.45 bits per heavy atom. The van der Waals surface area contributed by atoms with E-state index in [1.165, 1.54) is 7.11 Å². The lowest BCUT2D eigenvalue weighted by atomic mass is 10.00. The fourth-order valence-corrected chi connectivity index (χ4v) is 1.96. The minimum Gasteiger partial charge on any atom is -0.469 e. The highest BCUT2D eigenvalue weighted by Gasteiger charge is 2.10. The Hall–Kier alpha value is -2.36. The Morgan fingerprint density at radius 1 is 1.20 bits per heavy atom. The average molecular weight is 273 g/mol. The van der Waals surface area contributed by atoms with Gasteiger partial charge in [0, 0.05) is 16.8 Å². The van der Waals surface area contributed by atoms with Crippen molar-refractivity contribution in [3.63, 3.8) is 0 Å². The van der Waals surface area contributed by atoms with E-state index in [9.17, 15) is 9.18 Å². The number of ether oxygens (including phenoxy) is 1. The van der Waals surface area contributed by atoms with Crippen molar-refractivity contribution < 1.29 is 13.9 Å². The van der Waals surface area contributed by atoms with Crippen molar-refractivity contribution >= 4 is 11.7 Å². The normalized spacial score (nSPS) is 10.3. The summed E-state index contributed by atoms with van der Waals surface area (Å²) in [6.07, 6.45) is 0.208. The first kappa shape index (κ1) is 14.1. The fourth-order valence-electron chi connectivity index (χ4n) is 1.96. The number of halogens is 1. The van der Waals surface area contributed by atoms with Crippen molar-refractivity contribution in [3.05, 3.63) is 53.3 Å². The van der Waals surface area contributed by atoms with Gasteiger partial charge in [0.05, 0.1) is 13.5 Å². The molecule has 0 saturated heterocycles.